The number of carbonyl (C=O) groups excluding carboxylic acids is 2. The van der Waals surface area contributed by atoms with Gasteiger partial charge < -0.3 is 10.6 Å². The Balaban J connectivity index is 2.63. The molecule has 0 aromatic heterocycles. The quantitative estimate of drug-likeness (QED) is 0.789. The lowest BCUT2D eigenvalue weighted by Crippen LogP contribution is -2.44. The summed E-state index contributed by atoms with van der Waals surface area (Å²) in [6, 6.07) is 3.90. The van der Waals surface area contributed by atoms with Crippen molar-refractivity contribution < 1.29 is 22.8 Å². The van der Waals surface area contributed by atoms with Gasteiger partial charge in [0.05, 0.1) is 5.56 Å². The summed E-state index contributed by atoms with van der Waals surface area (Å²) in [7, 11) is 0. The van der Waals surface area contributed by atoms with E-state index in [1.165, 1.54) is 25.1 Å². The van der Waals surface area contributed by atoms with E-state index in [-0.39, 0.29) is 11.5 Å². The average molecular weight is 328 g/mol. The molecular formula is C16H19F3N2O2. The zero-order chi connectivity index (χ0) is 17.5. The number of amides is 2. The topological polar surface area (TPSA) is 58.2 Å². The van der Waals surface area contributed by atoms with E-state index in [1.807, 2.05) is 6.92 Å². The first-order valence-electron chi connectivity index (χ1n) is 7.17. The van der Waals surface area contributed by atoms with Crippen molar-refractivity contribution in [3.05, 3.63) is 41.5 Å². The molecule has 0 radical (unpaired) electrons. The van der Waals surface area contributed by atoms with Crippen LogP contribution >= 0.6 is 0 Å². The van der Waals surface area contributed by atoms with E-state index >= 15 is 0 Å². The zero-order valence-corrected chi connectivity index (χ0v) is 12.9. The van der Waals surface area contributed by atoms with Crippen molar-refractivity contribution >= 4 is 17.9 Å². The Kier molecular flexibility index (Phi) is 6.81. The molecule has 1 aromatic rings. The minimum absolute atomic E-state index is 0.248. The Morgan fingerprint density at radius 1 is 1.30 bits per heavy atom. The predicted octanol–water partition coefficient (Wildman–Crippen LogP) is 2.75. The van der Waals surface area contributed by atoms with Crippen LogP contribution in [0.5, 0.6) is 0 Å². The van der Waals surface area contributed by atoms with Crippen LogP contribution in [0.3, 0.4) is 0 Å². The number of halogens is 3. The van der Waals surface area contributed by atoms with E-state index in [1.54, 1.807) is 0 Å². The lowest BCUT2D eigenvalue weighted by molar-refractivity contribution is -0.137. The van der Waals surface area contributed by atoms with E-state index in [9.17, 15) is 22.8 Å². The van der Waals surface area contributed by atoms with Gasteiger partial charge >= 0.3 is 6.18 Å². The maximum atomic E-state index is 12.6. The van der Waals surface area contributed by atoms with Gasteiger partial charge in [0.1, 0.15) is 6.04 Å². The van der Waals surface area contributed by atoms with Crippen LogP contribution in [0.15, 0.2) is 30.3 Å². The molecule has 0 aliphatic heterocycles. The molecule has 0 fully saturated rings. The van der Waals surface area contributed by atoms with Gasteiger partial charge in [-0.2, -0.15) is 13.2 Å². The third kappa shape index (κ3) is 6.54. The molecule has 1 aromatic carbocycles. The molecule has 4 nitrogen and oxygen atoms in total. The van der Waals surface area contributed by atoms with Gasteiger partial charge in [-0.25, -0.2) is 0 Å². The van der Waals surface area contributed by atoms with Crippen LogP contribution in [-0.2, 0) is 15.8 Å². The van der Waals surface area contributed by atoms with Crippen LogP contribution in [0.4, 0.5) is 13.2 Å². The summed E-state index contributed by atoms with van der Waals surface area (Å²) in [5.41, 5.74) is -0.537. The number of benzene rings is 1. The number of rotatable bonds is 6. The number of alkyl halides is 3. The number of nitrogens with one attached hydrogen (secondary N) is 2. The van der Waals surface area contributed by atoms with Crippen molar-refractivity contribution in [3.8, 4) is 0 Å². The molecule has 7 heteroatoms. The van der Waals surface area contributed by atoms with E-state index in [0.717, 1.165) is 24.6 Å². The molecule has 0 spiro atoms. The molecule has 126 valence electrons. The maximum absolute atomic E-state index is 12.6. The minimum atomic E-state index is -4.43. The molecule has 0 aliphatic rings. The summed E-state index contributed by atoms with van der Waals surface area (Å²) in [6.45, 7) is 3.95. The smallest absolute Gasteiger partial charge is 0.354 e. The Labute approximate surface area is 132 Å². The maximum Gasteiger partial charge on any atom is 0.416 e. The molecule has 1 atom stereocenters. The monoisotopic (exact) mass is 328 g/mol. The van der Waals surface area contributed by atoms with Gasteiger partial charge in [0.25, 0.3) is 0 Å². The van der Waals surface area contributed by atoms with Gasteiger partial charge in [-0.3, -0.25) is 9.59 Å². The van der Waals surface area contributed by atoms with Crippen molar-refractivity contribution in [2.24, 2.45) is 0 Å². The fourth-order valence-electron chi connectivity index (χ4n) is 1.72. The van der Waals surface area contributed by atoms with Crippen LogP contribution < -0.4 is 10.6 Å². The summed E-state index contributed by atoms with van der Waals surface area (Å²) in [4.78, 5) is 23.3. The van der Waals surface area contributed by atoms with Crippen molar-refractivity contribution in [2.75, 3.05) is 6.54 Å². The third-order valence-electron chi connectivity index (χ3n) is 2.94. The molecule has 0 unspecified atom stereocenters. The molecule has 0 saturated carbocycles. The summed E-state index contributed by atoms with van der Waals surface area (Å²) in [6.07, 6.45) is -1.29. The van der Waals surface area contributed by atoms with E-state index in [2.05, 4.69) is 10.6 Å². The fourth-order valence-corrected chi connectivity index (χ4v) is 1.72. The first-order chi connectivity index (χ1) is 10.7. The second kappa shape index (κ2) is 8.36. The van der Waals surface area contributed by atoms with Crippen molar-refractivity contribution in [3.63, 3.8) is 0 Å². The molecule has 0 saturated heterocycles. The average Bonchev–Trinajstić information content (AvgIpc) is 2.50. The summed E-state index contributed by atoms with van der Waals surface area (Å²) in [5, 5.41) is 5.08. The van der Waals surface area contributed by atoms with E-state index in [0.29, 0.717) is 6.54 Å². The van der Waals surface area contributed by atoms with Crippen LogP contribution in [-0.4, -0.2) is 24.4 Å². The second-order valence-corrected chi connectivity index (χ2v) is 4.98. The van der Waals surface area contributed by atoms with E-state index < -0.39 is 23.7 Å². The summed E-state index contributed by atoms with van der Waals surface area (Å²) < 4.78 is 37.7. The van der Waals surface area contributed by atoms with E-state index in [4.69, 9.17) is 0 Å². The molecular weight excluding hydrogens is 309 g/mol. The van der Waals surface area contributed by atoms with Crippen LogP contribution in [0, 0.1) is 0 Å². The third-order valence-corrected chi connectivity index (χ3v) is 2.94. The number of hydrogen-bond donors (Lipinski definition) is 2. The lowest BCUT2D eigenvalue weighted by Gasteiger charge is -2.12. The molecule has 23 heavy (non-hydrogen) atoms. The first-order valence-corrected chi connectivity index (χ1v) is 7.17. The molecule has 2 N–H and O–H groups in total. The van der Waals surface area contributed by atoms with Gasteiger partial charge in [-0.1, -0.05) is 19.1 Å². The Bertz CT molecular complexity index is 583. The lowest BCUT2D eigenvalue weighted by atomic mass is 10.1. The highest BCUT2D eigenvalue weighted by atomic mass is 19.4. The van der Waals surface area contributed by atoms with Gasteiger partial charge in [0, 0.05) is 12.6 Å². The normalized spacial score (nSPS) is 12.9. The highest BCUT2D eigenvalue weighted by Crippen LogP contribution is 2.29. The Morgan fingerprint density at radius 3 is 2.61 bits per heavy atom. The van der Waals surface area contributed by atoms with Crippen LogP contribution in [0.25, 0.3) is 6.08 Å². The van der Waals surface area contributed by atoms with Gasteiger partial charge in [-0.15, -0.1) is 0 Å². The standard InChI is InChI=1S/C16H19F3N2O2/c1-3-9-20-15(23)11(2)21-14(22)8-7-12-5-4-6-13(10-12)16(17,18)19/h4-8,10-11H,3,9H2,1-2H3,(H,20,23)(H,21,22)/b8-7+/t11-/m0/s1. The van der Waals surface area contributed by atoms with Gasteiger partial charge in [0.15, 0.2) is 0 Å². The summed E-state index contributed by atoms with van der Waals surface area (Å²) in [5.74, 6) is -0.866. The minimum Gasteiger partial charge on any atom is -0.354 e. The molecule has 2 amide bonds. The molecule has 0 aliphatic carbocycles. The van der Waals surface area contributed by atoms with Crippen LogP contribution in [0.2, 0.25) is 0 Å². The number of carbonyl (C=O) groups is 2. The van der Waals surface area contributed by atoms with Gasteiger partial charge in [0.2, 0.25) is 11.8 Å². The molecule has 0 heterocycles. The fraction of sp³-hybridized carbons (Fsp3) is 0.375. The van der Waals surface area contributed by atoms with Crippen molar-refractivity contribution in [1.29, 1.82) is 0 Å². The second-order valence-electron chi connectivity index (χ2n) is 4.98. The van der Waals surface area contributed by atoms with Gasteiger partial charge in [-0.05, 0) is 37.1 Å². The summed E-state index contributed by atoms with van der Waals surface area (Å²) >= 11 is 0. The zero-order valence-electron chi connectivity index (χ0n) is 12.9. The predicted molar refractivity (Wildman–Crippen MR) is 81.4 cm³/mol. The number of hydrogen-bond acceptors (Lipinski definition) is 2. The first kappa shape index (κ1) is 18.7. The highest BCUT2D eigenvalue weighted by molar-refractivity contribution is 5.95. The SMILES string of the molecule is CCCNC(=O)[C@H](C)NC(=O)/C=C/c1cccc(C(F)(F)F)c1. The Morgan fingerprint density at radius 2 is 2.00 bits per heavy atom. The molecule has 0 bridgehead atoms. The van der Waals surface area contributed by atoms with Crippen LogP contribution in [0.1, 0.15) is 31.4 Å². The van der Waals surface area contributed by atoms with Crippen molar-refractivity contribution in [1.82, 2.24) is 10.6 Å². The Hall–Kier alpha value is -2.31. The molecule has 1 rings (SSSR count). The highest BCUT2D eigenvalue weighted by Gasteiger charge is 2.30. The van der Waals surface area contributed by atoms with Crippen molar-refractivity contribution in [2.45, 2.75) is 32.5 Å². The largest absolute Gasteiger partial charge is 0.416 e.